The van der Waals surface area contributed by atoms with Gasteiger partial charge in [0.15, 0.2) is 0 Å². The number of nitrogens with one attached hydrogen (secondary N) is 2. The summed E-state index contributed by atoms with van der Waals surface area (Å²) < 4.78 is 26.6. The minimum absolute atomic E-state index is 0.0154. The number of urea groups is 2. The number of hydrogen-bond donors (Lipinski definition) is 3. The van der Waals surface area contributed by atoms with Crippen molar-refractivity contribution in [1.29, 1.82) is 10.5 Å². The van der Waals surface area contributed by atoms with E-state index in [0.29, 0.717) is 60.9 Å². The summed E-state index contributed by atoms with van der Waals surface area (Å²) in [5.74, 6) is 1.17. The maximum atomic E-state index is 13.5. The third-order valence-electron chi connectivity index (χ3n) is 19.7. The molecule has 10 fully saturated rings. The highest BCUT2D eigenvalue weighted by molar-refractivity contribution is 6.48. The average Bonchev–Trinajstić information content (AvgIpc) is 4.18. The molecule has 3 N–H and O–H groups in total. The molecule has 3 aliphatic heterocycles. The third-order valence-corrected chi connectivity index (χ3v) is 19.7. The number of carboxylic acids is 1. The van der Waals surface area contributed by atoms with Crippen molar-refractivity contribution in [1.82, 2.24) is 25.3 Å². The molecule has 2 aromatic carbocycles. The Hall–Kier alpha value is -5.13. The number of carbonyl (C=O) groups excluding carboxylic acids is 3. The highest BCUT2D eigenvalue weighted by Crippen LogP contribution is 2.67. The smallest absolute Gasteiger partial charge is 0.480 e. The number of rotatable bonds is 14. The summed E-state index contributed by atoms with van der Waals surface area (Å²) in [6, 6.07) is 23.6. The van der Waals surface area contributed by atoms with Crippen molar-refractivity contribution in [2.75, 3.05) is 33.7 Å². The number of carbonyl (C=O) groups is 4. The van der Waals surface area contributed by atoms with Gasteiger partial charge < -0.3 is 49.1 Å². The summed E-state index contributed by atoms with van der Waals surface area (Å²) in [6.07, 6.45) is 14.6. The van der Waals surface area contributed by atoms with Crippen LogP contribution in [0.4, 0.5) is 9.59 Å². The van der Waals surface area contributed by atoms with Crippen LogP contribution in [-0.4, -0.2) is 133 Å². The number of aliphatic carboxylic acids is 1. The minimum atomic E-state index is -1.07. The van der Waals surface area contributed by atoms with Gasteiger partial charge in [-0.15, -0.1) is 0 Å². The van der Waals surface area contributed by atoms with Crippen LogP contribution in [0.1, 0.15) is 143 Å². The minimum Gasteiger partial charge on any atom is -0.480 e. The van der Waals surface area contributed by atoms with E-state index in [1.165, 1.54) is 56.6 Å². The van der Waals surface area contributed by atoms with Gasteiger partial charge in [0.1, 0.15) is 12.8 Å². The van der Waals surface area contributed by atoms with Crippen LogP contribution in [0.2, 0.25) is 0 Å². The lowest BCUT2D eigenvalue weighted by atomic mass is 9.43. The molecule has 16 nitrogen and oxygen atoms in total. The third kappa shape index (κ3) is 12.8. The fourth-order valence-electron chi connectivity index (χ4n) is 14.8. The van der Waals surface area contributed by atoms with Crippen LogP contribution in [0.15, 0.2) is 60.7 Å². The molecule has 12 rings (SSSR count). The molecule has 0 radical (unpaired) electrons. The van der Waals surface area contributed by atoms with Crippen molar-refractivity contribution in [2.24, 2.45) is 40.4 Å². The number of nitrogens with zero attached hydrogens (tertiary/aromatic N) is 5. The zero-order valence-corrected chi connectivity index (χ0v) is 47.1. The second-order valence-electron chi connectivity index (χ2n) is 25.2. The quantitative estimate of drug-likeness (QED) is 0.152. The summed E-state index contributed by atoms with van der Waals surface area (Å²) >= 11 is 0. The van der Waals surface area contributed by atoms with Crippen LogP contribution in [0.3, 0.4) is 0 Å². The molecular weight excluding hydrogens is 972 g/mol. The molecule has 3 heterocycles. The second-order valence-corrected chi connectivity index (χ2v) is 25.2. The average molecular weight is 1060 g/mol. The van der Waals surface area contributed by atoms with Crippen molar-refractivity contribution in [3.63, 3.8) is 0 Å². The van der Waals surface area contributed by atoms with Gasteiger partial charge in [-0.1, -0.05) is 108 Å². The van der Waals surface area contributed by atoms with Gasteiger partial charge in [0.05, 0.1) is 47.4 Å². The second kappa shape index (κ2) is 24.5. The Labute approximate surface area is 458 Å². The molecule has 11 atom stereocenters. The summed E-state index contributed by atoms with van der Waals surface area (Å²) in [7, 11) is 2.76. The number of piperidine rings is 1. The van der Waals surface area contributed by atoms with Crippen LogP contribution < -0.4 is 10.6 Å². The van der Waals surface area contributed by atoms with Crippen molar-refractivity contribution in [3.8, 4) is 12.1 Å². The topological polar surface area (TPSA) is 207 Å². The molecule has 0 spiro atoms. The Bertz CT molecular complexity index is 2450. The summed E-state index contributed by atoms with van der Waals surface area (Å²) in [5.41, 5.74) is 2.24. The van der Waals surface area contributed by atoms with Crippen molar-refractivity contribution in [2.45, 2.75) is 186 Å². The van der Waals surface area contributed by atoms with Crippen molar-refractivity contribution >= 4 is 38.2 Å². The summed E-state index contributed by atoms with van der Waals surface area (Å²) in [6.45, 7) is 15.8. The fraction of sp³-hybridized carbons (Fsp3) is 0.695. The Morgan fingerprint density at radius 1 is 0.662 bits per heavy atom. The number of nitriles is 2. The standard InChI is InChI=1S/C29H41BN4O4.C27H41BN2O3.C3H3NO2/c1-28(2)21-17-23(28)29(3)24(18-21)37-30(38-29)25(16-20-10-6-5-7-11-20)32-27(36)33(4)19-22-12-8-9-15-34(22)26(35)13-14-31;1-26(2)21-16-22(26)27(3)23(17-21)32-28(33-27)24(15-19-11-7-5-8-12-19)29-25(31)30(4)18-20-13-9-6-10-14-20;4-2-1-3(5)6/h5-7,10-11,21-25H,8-9,12-13,15-19H2,1-4H3,(H,32,36);5,7-8,11-12,20-24H,6,9-10,13-18H2,1-4H3,(H,29,31);1H2,(H,5,6)/t21-,22+,23-,24+,25-,29-;21-,22-,23+,24-,27-;/m00./s1. The van der Waals surface area contributed by atoms with Gasteiger partial charge >= 0.3 is 32.3 Å². The van der Waals surface area contributed by atoms with E-state index >= 15 is 0 Å². The van der Waals surface area contributed by atoms with Crippen LogP contribution in [0, 0.1) is 63.1 Å². The first-order valence-corrected chi connectivity index (χ1v) is 28.7. The van der Waals surface area contributed by atoms with Crippen LogP contribution in [0.25, 0.3) is 0 Å². The van der Waals surface area contributed by atoms with Crippen molar-refractivity contribution in [3.05, 3.63) is 71.8 Å². The monoisotopic (exact) mass is 1060 g/mol. The highest BCUT2D eigenvalue weighted by Gasteiger charge is 2.70. The van der Waals surface area contributed by atoms with E-state index in [0.717, 1.165) is 44.2 Å². The van der Waals surface area contributed by atoms with Crippen molar-refractivity contribution < 1.29 is 42.9 Å². The SMILES string of the molecule is CN(CC1CCCCC1)C(=O)N[C@@H](Cc1ccccc1)B1O[C@@H]2C[C@@H]3C[C@@H](C3(C)C)[C@]2(C)O1.CN(C[C@H]1CCCCN1C(=O)CC#N)C(=O)N[C@@H](Cc1ccccc1)B1O[C@@H]2C[C@@H]3C[C@@H](C3(C)C)[C@]2(C)O1.N#CCC(=O)O. The number of benzene rings is 2. The lowest BCUT2D eigenvalue weighted by molar-refractivity contribution is -0.199. The molecule has 10 aliphatic rings. The predicted octanol–water partition coefficient (Wildman–Crippen LogP) is 8.87. The lowest BCUT2D eigenvalue weighted by Gasteiger charge is -2.64. The molecule has 18 heteroatoms. The van der Waals surface area contributed by atoms with Gasteiger partial charge in [-0.25, -0.2) is 9.59 Å². The number of carboxylic acid groups (broad SMARTS) is 1. The van der Waals surface area contributed by atoms with Crippen LogP contribution >= 0.6 is 0 Å². The van der Waals surface area contributed by atoms with E-state index in [2.05, 4.69) is 88.6 Å². The number of amides is 5. The molecule has 77 heavy (non-hydrogen) atoms. The molecule has 5 amide bonds. The van der Waals surface area contributed by atoms with Gasteiger partial charge in [0.25, 0.3) is 0 Å². The van der Waals surface area contributed by atoms with Gasteiger partial charge in [0, 0.05) is 39.8 Å². The Morgan fingerprint density at radius 2 is 1.12 bits per heavy atom. The Balaban J connectivity index is 0.000000186. The van der Waals surface area contributed by atoms with Crippen LogP contribution in [0.5, 0.6) is 0 Å². The number of likely N-dealkylation sites (N-methyl/N-ethyl adjacent to an activating group) is 1. The molecule has 0 unspecified atom stereocenters. The van der Waals surface area contributed by atoms with E-state index in [9.17, 15) is 19.2 Å². The van der Waals surface area contributed by atoms with E-state index in [1.54, 1.807) is 16.8 Å². The number of likely N-dealkylation sites (tertiary alicyclic amines) is 1. The molecule has 2 aromatic rings. The predicted molar refractivity (Wildman–Crippen MR) is 294 cm³/mol. The fourth-order valence-corrected chi connectivity index (χ4v) is 14.8. The van der Waals surface area contributed by atoms with E-state index < -0.39 is 26.6 Å². The first-order valence-electron chi connectivity index (χ1n) is 28.7. The summed E-state index contributed by atoms with van der Waals surface area (Å²) in [4.78, 5) is 53.9. The van der Waals surface area contributed by atoms with E-state index in [4.69, 9.17) is 34.2 Å². The van der Waals surface area contributed by atoms with Gasteiger partial charge in [-0.2, -0.15) is 10.5 Å². The van der Waals surface area contributed by atoms with E-state index in [-0.39, 0.29) is 71.1 Å². The largest absolute Gasteiger partial charge is 0.482 e. The maximum absolute atomic E-state index is 13.5. The first-order chi connectivity index (χ1) is 36.7. The molecular formula is C59H85B2N7O9. The highest BCUT2D eigenvalue weighted by atomic mass is 16.7. The van der Waals surface area contributed by atoms with E-state index in [1.807, 2.05) is 42.3 Å². The molecule has 3 saturated heterocycles. The van der Waals surface area contributed by atoms with Gasteiger partial charge in [-0.3, -0.25) is 9.59 Å². The molecule has 7 saturated carbocycles. The molecule has 7 aliphatic carbocycles. The Morgan fingerprint density at radius 3 is 1.55 bits per heavy atom. The van der Waals surface area contributed by atoms with Gasteiger partial charge in [0.2, 0.25) is 5.91 Å². The Kier molecular flexibility index (Phi) is 18.5. The molecule has 416 valence electrons. The molecule has 4 bridgehead atoms. The van der Waals surface area contributed by atoms with Crippen LogP contribution in [-0.2, 0) is 41.0 Å². The number of hydrogen-bond acceptors (Lipinski definition) is 10. The maximum Gasteiger partial charge on any atom is 0.482 e. The normalized spacial score (nSPS) is 30.7. The first kappa shape index (κ1) is 58.0. The zero-order valence-electron chi connectivity index (χ0n) is 47.1. The summed E-state index contributed by atoms with van der Waals surface area (Å²) in [5, 5.41) is 30.8. The molecule has 0 aromatic heterocycles. The zero-order chi connectivity index (χ0) is 55.3. The lowest BCUT2D eigenvalue weighted by Crippen LogP contribution is -2.65. The van der Waals surface area contributed by atoms with Gasteiger partial charge in [-0.05, 0) is 136 Å².